The van der Waals surface area contributed by atoms with Gasteiger partial charge < -0.3 is 10.1 Å². The van der Waals surface area contributed by atoms with Crippen molar-refractivity contribution in [1.29, 1.82) is 0 Å². The molecule has 0 spiro atoms. The summed E-state index contributed by atoms with van der Waals surface area (Å²) in [7, 11) is 1.52. The third-order valence-electron chi connectivity index (χ3n) is 7.78. The van der Waals surface area contributed by atoms with Gasteiger partial charge in [-0.1, -0.05) is 17.7 Å². The largest absolute Gasteiger partial charge is 0.493 e. The molecule has 1 aliphatic carbocycles. The Bertz CT molecular complexity index is 1770. The normalized spacial score (nSPS) is 18.1. The Morgan fingerprint density at radius 2 is 2.00 bits per heavy atom. The van der Waals surface area contributed by atoms with E-state index in [4.69, 9.17) is 16.3 Å². The molecule has 4 aromatic rings. The standard InChI is InChI=1S/C29H25ClF3N7O3/c1-13-25(38-21(10-34-13)23-18(26(32)33)4-5-20(30)24(23)31)28(41)37-17-9-36-40(12-17)14(2)15-7-22(43-3)27(35-8-15)39-11-16-6-19(16)29(39)42/h4-5,7-10,12,14,16,19,26H,6,11H2,1-3H3,(H,37,41)/t14-,16-,19-/m1/s1. The molecule has 0 bridgehead atoms. The van der Waals surface area contributed by atoms with Gasteiger partial charge in [0.25, 0.3) is 12.3 Å². The number of carbonyl (C=O) groups is 2. The first-order valence-electron chi connectivity index (χ1n) is 13.4. The number of nitrogens with zero attached hydrogens (tertiary/aromatic N) is 6. The van der Waals surface area contributed by atoms with Crippen LogP contribution in [0.3, 0.4) is 0 Å². The maximum absolute atomic E-state index is 14.8. The Morgan fingerprint density at radius 3 is 2.70 bits per heavy atom. The summed E-state index contributed by atoms with van der Waals surface area (Å²) in [5, 5.41) is 6.66. The van der Waals surface area contributed by atoms with E-state index in [0.29, 0.717) is 29.7 Å². The predicted molar refractivity (Wildman–Crippen MR) is 151 cm³/mol. The van der Waals surface area contributed by atoms with Crippen molar-refractivity contribution in [2.24, 2.45) is 11.8 Å². The number of anilines is 2. The van der Waals surface area contributed by atoms with Crippen molar-refractivity contribution in [3.05, 3.63) is 76.3 Å². The quantitative estimate of drug-likeness (QED) is 0.275. The summed E-state index contributed by atoms with van der Waals surface area (Å²) in [5.41, 5.74) is -0.300. The topological polar surface area (TPSA) is 115 Å². The molecular weight excluding hydrogens is 587 g/mol. The molecule has 2 aliphatic rings. The lowest BCUT2D eigenvalue weighted by Crippen LogP contribution is -2.29. The van der Waals surface area contributed by atoms with Crippen molar-refractivity contribution in [2.45, 2.75) is 32.7 Å². The van der Waals surface area contributed by atoms with E-state index in [1.807, 2.05) is 6.92 Å². The highest BCUT2D eigenvalue weighted by atomic mass is 35.5. The van der Waals surface area contributed by atoms with E-state index < -0.39 is 29.3 Å². The number of piperidine rings is 1. The smallest absolute Gasteiger partial charge is 0.276 e. The van der Waals surface area contributed by atoms with Crippen molar-refractivity contribution in [3.8, 4) is 17.0 Å². The Morgan fingerprint density at radius 1 is 1.21 bits per heavy atom. The number of rotatable bonds is 8. The van der Waals surface area contributed by atoms with Gasteiger partial charge in [0.2, 0.25) is 5.91 Å². The fraction of sp³-hybridized carbons (Fsp3) is 0.310. The first-order chi connectivity index (χ1) is 20.6. The number of aromatic nitrogens is 5. The van der Waals surface area contributed by atoms with Gasteiger partial charge in [0.05, 0.1) is 47.6 Å². The fourth-order valence-electron chi connectivity index (χ4n) is 5.25. The number of amides is 2. The summed E-state index contributed by atoms with van der Waals surface area (Å²) < 4.78 is 49.2. The highest BCUT2D eigenvalue weighted by Gasteiger charge is 2.53. The highest BCUT2D eigenvalue weighted by molar-refractivity contribution is 6.31. The van der Waals surface area contributed by atoms with Crippen molar-refractivity contribution in [1.82, 2.24) is 24.7 Å². The van der Waals surface area contributed by atoms with Crippen LogP contribution in [0.2, 0.25) is 5.02 Å². The second-order valence-electron chi connectivity index (χ2n) is 10.5. The minimum atomic E-state index is -3.00. The maximum Gasteiger partial charge on any atom is 0.276 e. The number of methoxy groups -OCH3 is 1. The molecule has 1 aromatic carbocycles. The molecule has 14 heteroatoms. The minimum absolute atomic E-state index is 0.0710. The number of halogens is 4. The first kappa shape index (κ1) is 28.6. The number of fused-ring (bicyclic) bond motifs is 1. The number of aryl methyl sites for hydroxylation is 1. The van der Waals surface area contributed by atoms with Crippen LogP contribution in [0.15, 0.2) is 43.0 Å². The van der Waals surface area contributed by atoms with Crippen molar-refractivity contribution in [2.75, 3.05) is 23.9 Å². The lowest BCUT2D eigenvalue weighted by molar-refractivity contribution is -0.118. The molecule has 4 heterocycles. The predicted octanol–water partition coefficient (Wildman–Crippen LogP) is 5.63. The van der Waals surface area contributed by atoms with Crippen molar-refractivity contribution in [3.63, 3.8) is 0 Å². The maximum atomic E-state index is 14.8. The van der Waals surface area contributed by atoms with Crippen molar-refractivity contribution >= 4 is 34.9 Å². The summed E-state index contributed by atoms with van der Waals surface area (Å²) in [6, 6.07) is 3.52. The van der Waals surface area contributed by atoms with Crippen LogP contribution in [0.25, 0.3) is 11.3 Å². The van der Waals surface area contributed by atoms with Gasteiger partial charge in [-0.2, -0.15) is 5.10 Å². The molecule has 0 radical (unpaired) electrons. The summed E-state index contributed by atoms with van der Waals surface area (Å²) >= 11 is 5.84. The van der Waals surface area contributed by atoms with Crippen LogP contribution < -0.4 is 15.0 Å². The molecular formula is C29H25ClF3N7O3. The zero-order valence-electron chi connectivity index (χ0n) is 23.2. The Hall–Kier alpha value is -4.52. The Balaban J connectivity index is 1.21. The second-order valence-corrected chi connectivity index (χ2v) is 10.9. The molecule has 3 aromatic heterocycles. The molecule has 0 unspecified atom stereocenters. The molecule has 2 fully saturated rings. The number of pyridine rings is 1. The number of carbonyl (C=O) groups excluding carboxylic acids is 2. The van der Waals surface area contributed by atoms with Crippen LogP contribution in [-0.2, 0) is 4.79 Å². The fourth-order valence-corrected chi connectivity index (χ4v) is 5.41. The van der Waals surface area contributed by atoms with Crippen LogP contribution >= 0.6 is 11.6 Å². The van der Waals surface area contributed by atoms with E-state index in [1.54, 1.807) is 28.0 Å². The van der Waals surface area contributed by atoms with E-state index in [2.05, 4.69) is 25.4 Å². The third kappa shape index (κ3) is 5.18. The van der Waals surface area contributed by atoms with Gasteiger partial charge in [-0.15, -0.1) is 0 Å². The first-order valence-corrected chi connectivity index (χ1v) is 13.8. The average molecular weight is 612 g/mol. The van der Waals surface area contributed by atoms with E-state index in [1.165, 1.54) is 20.2 Å². The van der Waals surface area contributed by atoms with E-state index in [0.717, 1.165) is 30.3 Å². The van der Waals surface area contributed by atoms with Gasteiger partial charge in [0.1, 0.15) is 5.69 Å². The highest BCUT2D eigenvalue weighted by Crippen LogP contribution is 2.48. The number of nitrogens with one attached hydrogen (secondary N) is 1. The molecule has 10 nitrogen and oxygen atoms in total. The molecule has 6 rings (SSSR count). The average Bonchev–Trinajstić information content (AvgIpc) is 3.49. The number of alkyl halides is 2. The summed E-state index contributed by atoms with van der Waals surface area (Å²) in [6.45, 7) is 4.03. The summed E-state index contributed by atoms with van der Waals surface area (Å²) in [4.78, 5) is 40.1. The molecule has 222 valence electrons. The number of hydrogen-bond acceptors (Lipinski definition) is 7. The van der Waals surface area contributed by atoms with E-state index in [9.17, 15) is 22.8 Å². The monoisotopic (exact) mass is 611 g/mol. The molecule has 1 saturated heterocycles. The number of benzene rings is 1. The van der Waals surface area contributed by atoms with Crippen LogP contribution in [0.5, 0.6) is 5.75 Å². The van der Waals surface area contributed by atoms with Crippen molar-refractivity contribution < 1.29 is 27.5 Å². The lowest BCUT2D eigenvalue weighted by atomic mass is 10.0. The zero-order valence-corrected chi connectivity index (χ0v) is 23.9. The van der Waals surface area contributed by atoms with Crippen LogP contribution in [-0.4, -0.2) is 50.2 Å². The SMILES string of the molecule is COc1cc([C@@H](C)n2cc(NC(=O)c3nc(-c4c(C(F)F)ccc(Cl)c4F)cnc3C)cn2)cnc1N1C[C@H]2C[C@H]2C1=O. The molecule has 2 amide bonds. The lowest BCUT2D eigenvalue weighted by Gasteiger charge is -2.21. The minimum Gasteiger partial charge on any atom is -0.493 e. The summed E-state index contributed by atoms with van der Waals surface area (Å²) in [6.07, 6.45) is 3.73. The molecule has 1 N–H and O–H groups in total. The number of ether oxygens (including phenoxy) is 1. The summed E-state index contributed by atoms with van der Waals surface area (Å²) in [5.74, 6) is -0.264. The third-order valence-corrected chi connectivity index (χ3v) is 8.07. The number of hydrogen-bond donors (Lipinski definition) is 1. The molecule has 1 saturated carbocycles. The molecule has 43 heavy (non-hydrogen) atoms. The second kappa shape index (κ2) is 11.0. The van der Waals surface area contributed by atoms with Crippen LogP contribution in [0, 0.1) is 24.6 Å². The van der Waals surface area contributed by atoms with Crippen LogP contribution in [0.1, 0.15) is 53.1 Å². The van der Waals surface area contributed by atoms with E-state index in [-0.39, 0.29) is 40.0 Å². The van der Waals surface area contributed by atoms with Gasteiger partial charge in [-0.25, -0.2) is 23.1 Å². The van der Waals surface area contributed by atoms with Gasteiger partial charge in [0, 0.05) is 36.0 Å². The van der Waals surface area contributed by atoms with Gasteiger partial charge in [-0.05, 0) is 43.9 Å². The Labute approximate surface area is 248 Å². The van der Waals surface area contributed by atoms with Gasteiger partial charge >= 0.3 is 0 Å². The Kier molecular flexibility index (Phi) is 7.28. The molecule has 3 atom stereocenters. The zero-order chi connectivity index (χ0) is 30.6. The van der Waals surface area contributed by atoms with E-state index >= 15 is 0 Å². The van der Waals surface area contributed by atoms with Gasteiger partial charge in [-0.3, -0.25) is 24.2 Å². The van der Waals surface area contributed by atoms with Crippen LogP contribution in [0.4, 0.5) is 24.7 Å². The van der Waals surface area contributed by atoms with Gasteiger partial charge in [0.15, 0.2) is 17.4 Å². The molecule has 1 aliphatic heterocycles.